The Kier molecular flexibility index (Phi) is 1.69. The lowest BCUT2D eigenvalue weighted by molar-refractivity contribution is -0.660. The molecule has 1 aromatic carbocycles. The Morgan fingerprint density at radius 2 is 1.89 bits per heavy atom. The summed E-state index contributed by atoms with van der Waals surface area (Å²) >= 11 is 0. The minimum atomic E-state index is -2.19. The lowest BCUT2D eigenvalue weighted by atomic mass is 9.87. The highest BCUT2D eigenvalue weighted by molar-refractivity contribution is 5.63. The second-order valence-corrected chi connectivity index (χ2v) is 4.98. The molecule has 1 heteroatoms. The number of nitrogens with zero attached hydrogens (tertiary/aromatic N) is 1. The molecule has 0 atom stereocenters. The highest BCUT2D eigenvalue weighted by Gasteiger charge is 2.17. The van der Waals surface area contributed by atoms with Gasteiger partial charge in [-0.15, -0.1) is 0 Å². The summed E-state index contributed by atoms with van der Waals surface area (Å²) in [6.07, 6.45) is -1.26. The number of fused-ring (bicyclic) bond motifs is 1. The molecule has 0 spiro atoms. The zero-order valence-corrected chi connectivity index (χ0v) is 11.2. The van der Waals surface area contributed by atoms with Gasteiger partial charge in [-0.1, -0.05) is 6.07 Å². The Morgan fingerprint density at radius 3 is 2.58 bits per heavy atom. The molecule has 0 N–H and O–H groups in total. The van der Waals surface area contributed by atoms with Crippen LogP contribution in [0.15, 0.2) is 30.5 Å². The monoisotopic (exact) mass is 259 g/mol. The second-order valence-electron chi connectivity index (χ2n) is 4.98. The molecule has 1 aliphatic carbocycles. The third-order valence-corrected chi connectivity index (χ3v) is 3.53. The maximum atomic E-state index is 8.30. The van der Waals surface area contributed by atoms with Crippen molar-refractivity contribution in [2.75, 3.05) is 0 Å². The van der Waals surface area contributed by atoms with E-state index in [0.29, 0.717) is 11.1 Å². The Balaban J connectivity index is 2.19. The first-order valence-electron chi connectivity index (χ1n) is 9.99. The van der Waals surface area contributed by atoms with E-state index < -0.39 is 19.6 Å². The number of aryl methyl sites for hydroxylation is 5. The molecule has 0 amide bonds. The molecule has 98 valence electrons. The minimum Gasteiger partial charge on any atom is -0.201 e. The van der Waals surface area contributed by atoms with Crippen LogP contribution in [0.3, 0.4) is 0 Å². The molecule has 1 aromatic heterocycles. The van der Waals surface area contributed by atoms with Crippen LogP contribution in [0.1, 0.15) is 44.7 Å². The van der Waals surface area contributed by atoms with E-state index in [9.17, 15) is 0 Å². The summed E-state index contributed by atoms with van der Waals surface area (Å²) in [5.74, 6) is 0. The van der Waals surface area contributed by atoms with Crippen molar-refractivity contribution >= 4 is 0 Å². The number of benzene rings is 1. The van der Waals surface area contributed by atoms with E-state index >= 15 is 0 Å². The molecule has 0 aliphatic heterocycles. The highest BCUT2D eigenvalue weighted by atomic mass is 14.9. The average molecular weight is 259 g/mol. The maximum absolute atomic E-state index is 8.30. The molecule has 1 heterocycles. The molecule has 0 saturated carbocycles. The predicted molar refractivity (Wildman–Crippen MR) is 79.2 cm³/mol. The SMILES string of the molecule is [2H]C([2H])([2H])c1ccc(-c2cc3c(cc2C)C([2H])([2H])CCC3([2H])[2H])[n+](C)c1. The van der Waals surface area contributed by atoms with Crippen LogP contribution < -0.4 is 4.57 Å². The van der Waals surface area contributed by atoms with Gasteiger partial charge in [0.1, 0.15) is 7.05 Å². The molecule has 0 saturated heterocycles. The summed E-state index contributed by atoms with van der Waals surface area (Å²) in [7, 11) is 1.76. The molecule has 1 aliphatic rings. The van der Waals surface area contributed by atoms with Crippen molar-refractivity contribution in [3.8, 4) is 11.3 Å². The Labute approximate surface area is 125 Å². The normalized spacial score (nSPS) is 25.7. The van der Waals surface area contributed by atoms with E-state index in [-0.39, 0.29) is 18.4 Å². The van der Waals surface area contributed by atoms with Gasteiger partial charge >= 0.3 is 0 Å². The maximum Gasteiger partial charge on any atom is 0.212 e. The number of pyridine rings is 1. The molecule has 2 aromatic rings. The van der Waals surface area contributed by atoms with E-state index in [1.165, 1.54) is 0 Å². The molecule has 0 bridgehead atoms. The molecule has 3 rings (SSSR count). The standard InChI is InChI=1S/C18H22N/c1-13-8-9-18(19(3)12-13)17-11-16-7-5-4-6-15(16)10-14(17)2/h8-12H,4-7H2,1-3H3/q+1/i1D3,6D2,7D2. The summed E-state index contributed by atoms with van der Waals surface area (Å²) < 4.78 is 57.4. The highest BCUT2D eigenvalue weighted by Crippen LogP contribution is 2.29. The van der Waals surface area contributed by atoms with Crippen molar-refractivity contribution in [3.63, 3.8) is 0 Å². The van der Waals surface area contributed by atoms with Crippen LogP contribution in [0.2, 0.25) is 0 Å². The molecular formula is C18H22N+. The smallest absolute Gasteiger partial charge is 0.201 e. The van der Waals surface area contributed by atoms with Gasteiger partial charge in [0.25, 0.3) is 0 Å². The molecular weight excluding hydrogens is 230 g/mol. The Hall–Kier alpha value is -1.63. The third-order valence-electron chi connectivity index (χ3n) is 3.53. The number of aromatic nitrogens is 1. The summed E-state index contributed by atoms with van der Waals surface area (Å²) in [6, 6.07) is 6.75. The van der Waals surface area contributed by atoms with E-state index in [2.05, 4.69) is 0 Å². The first-order chi connectivity index (χ1) is 11.8. The largest absolute Gasteiger partial charge is 0.212 e. The Morgan fingerprint density at radius 1 is 1.16 bits per heavy atom. The van der Waals surface area contributed by atoms with Crippen LogP contribution >= 0.6 is 0 Å². The van der Waals surface area contributed by atoms with Crippen molar-refractivity contribution in [3.05, 3.63) is 52.7 Å². The number of rotatable bonds is 1. The molecule has 19 heavy (non-hydrogen) atoms. The van der Waals surface area contributed by atoms with Crippen LogP contribution in [0.25, 0.3) is 11.3 Å². The van der Waals surface area contributed by atoms with Gasteiger partial charge in [0.2, 0.25) is 5.69 Å². The van der Waals surface area contributed by atoms with E-state index in [0.717, 1.165) is 16.8 Å². The van der Waals surface area contributed by atoms with E-state index in [1.807, 2.05) is 6.92 Å². The van der Waals surface area contributed by atoms with Gasteiger partial charge in [0.05, 0.1) is 0 Å². The van der Waals surface area contributed by atoms with Gasteiger partial charge < -0.3 is 0 Å². The van der Waals surface area contributed by atoms with Crippen LogP contribution in [0.5, 0.6) is 0 Å². The van der Waals surface area contributed by atoms with E-state index in [1.54, 1.807) is 42.1 Å². The average Bonchev–Trinajstić information content (AvgIpc) is 2.51. The Bertz CT molecular complexity index is 869. The van der Waals surface area contributed by atoms with Crippen molar-refractivity contribution in [2.45, 2.75) is 39.4 Å². The van der Waals surface area contributed by atoms with Crippen LogP contribution in [0, 0.1) is 13.8 Å². The first-order valence-corrected chi connectivity index (χ1v) is 6.49. The molecule has 0 fully saturated rings. The summed E-state index contributed by atoms with van der Waals surface area (Å²) in [4.78, 5) is 0. The van der Waals surface area contributed by atoms with Gasteiger partial charge in [-0.2, -0.15) is 0 Å². The molecule has 1 nitrogen and oxygen atoms in total. The lowest BCUT2D eigenvalue weighted by Gasteiger charge is -2.18. The summed E-state index contributed by atoms with van der Waals surface area (Å²) in [6.45, 7) is -0.317. The topological polar surface area (TPSA) is 3.88 Å². The number of hydrogen-bond donors (Lipinski definition) is 0. The van der Waals surface area contributed by atoms with Crippen molar-refractivity contribution in [1.29, 1.82) is 0 Å². The summed E-state index contributed by atoms with van der Waals surface area (Å²) in [5.41, 5.74) is 3.42. The van der Waals surface area contributed by atoms with Crippen molar-refractivity contribution in [2.24, 2.45) is 7.05 Å². The second kappa shape index (κ2) is 4.80. The predicted octanol–water partition coefficient (Wildman–Crippen LogP) is 3.67. The quantitative estimate of drug-likeness (QED) is 0.688. The van der Waals surface area contributed by atoms with Gasteiger partial charge in [0.15, 0.2) is 6.20 Å². The fourth-order valence-electron chi connectivity index (χ4n) is 2.56. The fourth-order valence-corrected chi connectivity index (χ4v) is 2.56. The van der Waals surface area contributed by atoms with Gasteiger partial charge in [-0.3, -0.25) is 0 Å². The fraction of sp³-hybridized carbons (Fsp3) is 0.389. The molecule has 0 unspecified atom stereocenters. The van der Waals surface area contributed by atoms with Crippen LogP contribution in [-0.4, -0.2) is 0 Å². The van der Waals surface area contributed by atoms with Gasteiger partial charge in [-0.05, 0) is 68.2 Å². The summed E-state index contributed by atoms with van der Waals surface area (Å²) in [5, 5.41) is 0. The lowest BCUT2D eigenvalue weighted by Crippen LogP contribution is -2.31. The third kappa shape index (κ3) is 2.30. The van der Waals surface area contributed by atoms with Gasteiger partial charge in [-0.25, -0.2) is 4.57 Å². The van der Waals surface area contributed by atoms with Crippen molar-refractivity contribution in [1.82, 2.24) is 0 Å². The van der Waals surface area contributed by atoms with Gasteiger partial charge in [0, 0.05) is 26.8 Å². The first kappa shape index (κ1) is 6.69. The zero-order chi connectivity index (χ0) is 19.5. The number of hydrogen-bond acceptors (Lipinski definition) is 0. The zero-order valence-electron chi connectivity index (χ0n) is 18.2. The van der Waals surface area contributed by atoms with E-state index in [4.69, 9.17) is 9.60 Å². The van der Waals surface area contributed by atoms with Crippen LogP contribution in [-0.2, 0) is 19.8 Å². The molecule has 0 radical (unpaired) electrons. The van der Waals surface area contributed by atoms with Crippen LogP contribution in [0.4, 0.5) is 0 Å². The van der Waals surface area contributed by atoms with Crippen molar-refractivity contribution < 1.29 is 14.2 Å². The minimum absolute atomic E-state index is 0.139.